The first-order chi connectivity index (χ1) is 16.1. The Hall–Kier alpha value is -2.66. The quantitative estimate of drug-likeness (QED) is 0.368. The summed E-state index contributed by atoms with van der Waals surface area (Å²) < 4.78 is 71.4. The normalized spacial score (nSPS) is 14.9. The number of halogens is 6. The van der Waals surface area contributed by atoms with Crippen molar-refractivity contribution in [3.8, 4) is 11.5 Å². The van der Waals surface area contributed by atoms with E-state index in [9.17, 15) is 26.7 Å². The summed E-state index contributed by atoms with van der Waals surface area (Å²) in [4.78, 5) is 14.7. The second-order valence-corrected chi connectivity index (χ2v) is 9.26. The Morgan fingerprint density at radius 1 is 1.09 bits per heavy atom. The van der Waals surface area contributed by atoms with Crippen LogP contribution in [0.4, 0.5) is 27.6 Å². The van der Waals surface area contributed by atoms with Crippen molar-refractivity contribution in [2.75, 3.05) is 16.4 Å². The zero-order valence-corrected chi connectivity index (χ0v) is 19.0. The first kappa shape index (κ1) is 24.5. The molecule has 1 aliphatic rings. The van der Waals surface area contributed by atoms with Crippen LogP contribution in [0.5, 0.6) is 0 Å². The third-order valence-corrected chi connectivity index (χ3v) is 6.69. The first-order valence-corrected chi connectivity index (χ1v) is 11.7. The number of nitrogens with zero attached hydrogens (tertiary/aromatic N) is 3. The van der Waals surface area contributed by atoms with E-state index in [2.05, 4.69) is 14.6 Å². The molecule has 0 aliphatic carbocycles. The molecule has 0 bridgehead atoms. The SMILES string of the molecule is O=C(C1CCSCC1)N(Cc1ccc(-c2nnc(C(F)(F)F)o2)cc1F)c1ccc(F)c(Cl)c1. The van der Waals surface area contributed by atoms with E-state index in [1.807, 2.05) is 0 Å². The van der Waals surface area contributed by atoms with Crippen LogP contribution in [0.25, 0.3) is 11.5 Å². The molecular formula is C22H17ClF5N3O2S. The lowest BCUT2D eigenvalue weighted by Crippen LogP contribution is -2.37. The molecule has 0 radical (unpaired) electrons. The summed E-state index contributed by atoms with van der Waals surface area (Å²) in [5, 5.41) is 6.07. The third kappa shape index (κ3) is 5.35. The molecule has 0 N–H and O–H groups in total. The molecule has 4 rings (SSSR count). The molecule has 1 aromatic heterocycles. The van der Waals surface area contributed by atoms with Crippen LogP contribution in [-0.2, 0) is 17.5 Å². The Morgan fingerprint density at radius 2 is 1.82 bits per heavy atom. The number of aromatic nitrogens is 2. The van der Waals surface area contributed by atoms with Gasteiger partial charge < -0.3 is 9.32 Å². The molecule has 1 aliphatic heterocycles. The second-order valence-electron chi connectivity index (χ2n) is 7.63. The summed E-state index contributed by atoms with van der Waals surface area (Å²) in [5.41, 5.74) is 0.361. The topological polar surface area (TPSA) is 59.2 Å². The average Bonchev–Trinajstić information content (AvgIpc) is 3.31. The lowest BCUT2D eigenvalue weighted by atomic mass is 10.00. The first-order valence-electron chi connectivity index (χ1n) is 10.2. The van der Waals surface area contributed by atoms with Crippen molar-refractivity contribution in [3.05, 3.63) is 64.5 Å². The number of hydrogen-bond donors (Lipinski definition) is 0. The van der Waals surface area contributed by atoms with Crippen molar-refractivity contribution >= 4 is 35.0 Å². The molecule has 0 atom stereocenters. The van der Waals surface area contributed by atoms with Crippen LogP contribution in [0.15, 0.2) is 40.8 Å². The zero-order chi connectivity index (χ0) is 24.5. The number of carbonyl (C=O) groups excluding carboxylic acids is 1. The van der Waals surface area contributed by atoms with Gasteiger partial charge >= 0.3 is 12.1 Å². The minimum absolute atomic E-state index is 0.0451. The van der Waals surface area contributed by atoms with Crippen molar-refractivity contribution in [3.63, 3.8) is 0 Å². The Morgan fingerprint density at radius 3 is 2.44 bits per heavy atom. The van der Waals surface area contributed by atoms with Crippen molar-refractivity contribution in [2.45, 2.75) is 25.6 Å². The number of benzene rings is 2. The predicted octanol–water partition coefficient (Wildman–Crippen LogP) is 6.36. The highest BCUT2D eigenvalue weighted by Gasteiger charge is 2.38. The number of amides is 1. The molecule has 12 heteroatoms. The molecule has 180 valence electrons. The van der Waals surface area contributed by atoms with E-state index in [-0.39, 0.29) is 34.5 Å². The van der Waals surface area contributed by atoms with Crippen molar-refractivity contribution in [2.24, 2.45) is 5.92 Å². The van der Waals surface area contributed by atoms with Gasteiger partial charge in [-0.2, -0.15) is 24.9 Å². The standard InChI is InChI=1S/C22H17ClF5N3O2S/c23-16-10-15(3-4-17(16)24)31(20(32)12-5-7-34-8-6-12)11-14-2-1-13(9-18(14)25)19-29-30-21(33-19)22(26,27)28/h1-4,9-10,12H,5-8,11H2. The van der Waals surface area contributed by atoms with E-state index in [1.54, 1.807) is 11.8 Å². The maximum atomic E-state index is 15.0. The predicted molar refractivity (Wildman–Crippen MR) is 117 cm³/mol. The number of rotatable bonds is 5. The fraction of sp³-hybridized carbons (Fsp3) is 0.318. The van der Waals surface area contributed by atoms with E-state index in [4.69, 9.17) is 11.6 Å². The lowest BCUT2D eigenvalue weighted by Gasteiger charge is -2.29. The second kappa shape index (κ2) is 9.91. The molecule has 0 saturated carbocycles. The van der Waals surface area contributed by atoms with Crippen molar-refractivity contribution < 1.29 is 31.2 Å². The van der Waals surface area contributed by atoms with Gasteiger partial charge in [0.05, 0.1) is 11.6 Å². The summed E-state index contributed by atoms with van der Waals surface area (Å²) in [6.45, 7) is -0.186. The Bertz CT molecular complexity index is 1200. The summed E-state index contributed by atoms with van der Waals surface area (Å²) in [6.07, 6.45) is -3.50. The van der Waals surface area contributed by atoms with Gasteiger partial charge in [-0.15, -0.1) is 10.2 Å². The molecule has 1 amide bonds. The van der Waals surface area contributed by atoms with Crippen LogP contribution in [-0.4, -0.2) is 27.6 Å². The van der Waals surface area contributed by atoms with Gasteiger partial charge in [-0.25, -0.2) is 8.78 Å². The summed E-state index contributed by atoms with van der Waals surface area (Å²) in [7, 11) is 0. The third-order valence-electron chi connectivity index (χ3n) is 5.35. The van der Waals surface area contributed by atoms with E-state index in [0.717, 1.165) is 23.6 Å². The molecule has 0 spiro atoms. The number of alkyl halides is 3. The van der Waals surface area contributed by atoms with Crippen LogP contribution in [0.2, 0.25) is 5.02 Å². The summed E-state index contributed by atoms with van der Waals surface area (Å²) in [5.74, 6) is -2.33. The fourth-order valence-corrected chi connectivity index (χ4v) is 4.83. The van der Waals surface area contributed by atoms with Crippen LogP contribution < -0.4 is 4.90 Å². The van der Waals surface area contributed by atoms with Crippen LogP contribution in [0.3, 0.4) is 0 Å². The Labute approximate surface area is 200 Å². The number of hydrogen-bond acceptors (Lipinski definition) is 5. The van der Waals surface area contributed by atoms with E-state index < -0.39 is 29.6 Å². The maximum Gasteiger partial charge on any atom is 0.470 e. The lowest BCUT2D eigenvalue weighted by molar-refractivity contribution is -0.157. The molecule has 1 saturated heterocycles. The molecule has 2 heterocycles. The Kier molecular flexibility index (Phi) is 7.13. The highest BCUT2D eigenvalue weighted by Crippen LogP contribution is 2.33. The van der Waals surface area contributed by atoms with Crippen molar-refractivity contribution in [1.82, 2.24) is 10.2 Å². The highest BCUT2D eigenvalue weighted by atomic mass is 35.5. The number of anilines is 1. The van der Waals surface area contributed by atoms with Gasteiger partial charge in [0.1, 0.15) is 11.6 Å². The van der Waals surface area contributed by atoms with Gasteiger partial charge in [-0.05, 0) is 54.7 Å². The average molecular weight is 518 g/mol. The van der Waals surface area contributed by atoms with Gasteiger partial charge in [-0.3, -0.25) is 4.79 Å². The smallest absolute Gasteiger partial charge is 0.413 e. The zero-order valence-electron chi connectivity index (χ0n) is 17.4. The summed E-state index contributed by atoms with van der Waals surface area (Å²) >= 11 is 7.66. The molecule has 2 aromatic carbocycles. The van der Waals surface area contributed by atoms with E-state index in [0.29, 0.717) is 18.5 Å². The fourth-order valence-electron chi connectivity index (χ4n) is 3.55. The minimum Gasteiger partial charge on any atom is -0.413 e. The van der Waals surface area contributed by atoms with E-state index >= 15 is 0 Å². The number of carbonyl (C=O) groups is 1. The largest absolute Gasteiger partial charge is 0.470 e. The van der Waals surface area contributed by atoms with Crippen LogP contribution >= 0.6 is 23.4 Å². The molecule has 3 aromatic rings. The summed E-state index contributed by atoms with van der Waals surface area (Å²) in [6, 6.07) is 7.42. The monoisotopic (exact) mass is 517 g/mol. The van der Waals surface area contributed by atoms with Crippen molar-refractivity contribution in [1.29, 1.82) is 0 Å². The van der Waals surface area contributed by atoms with Gasteiger partial charge in [0.2, 0.25) is 11.8 Å². The molecule has 5 nitrogen and oxygen atoms in total. The molecule has 34 heavy (non-hydrogen) atoms. The minimum atomic E-state index is -4.82. The maximum absolute atomic E-state index is 15.0. The highest BCUT2D eigenvalue weighted by molar-refractivity contribution is 7.99. The van der Waals surface area contributed by atoms with Crippen LogP contribution in [0.1, 0.15) is 24.3 Å². The Balaban J connectivity index is 1.63. The molecule has 1 fully saturated rings. The van der Waals surface area contributed by atoms with E-state index in [1.165, 1.54) is 29.2 Å². The molecule has 0 unspecified atom stereocenters. The van der Waals surface area contributed by atoms with Gasteiger partial charge in [0.25, 0.3) is 0 Å². The van der Waals surface area contributed by atoms with Gasteiger partial charge in [-0.1, -0.05) is 17.7 Å². The molecular weight excluding hydrogens is 501 g/mol. The van der Waals surface area contributed by atoms with Gasteiger partial charge in [0.15, 0.2) is 0 Å². The number of thioether (sulfide) groups is 1. The van der Waals surface area contributed by atoms with Crippen LogP contribution in [0, 0.1) is 17.6 Å². The van der Waals surface area contributed by atoms with Gasteiger partial charge in [0, 0.05) is 22.7 Å².